The molecule has 7 rings (SSSR count). The standard InChI is InChI=1S/C31H26N4O/c1-3-9-22(10-4-1)26-21-31-32-27(30-19-24-11-5-6-12-29(24)36-30)20-28(35(31)33-26)23-13-15-25(16-14-23)34-17-7-2-8-18-34/h1,3-6,9-16,19-21H,2,7-8,17-18H2. The fraction of sp³-hybridized carbons (Fsp3) is 0.161. The Kier molecular flexibility index (Phi) is 5.05. The van der Waals surface area contributed by atoms with Gasteiger partial charge in [-0.2, -0.15) is 5.10 Å². The molecule has 5 nitrogen and oxygen atoms in total. The third-order valence-corrected chi connectivity index (χ3v) is 7.06. The van der Waals surface area contributed by atoms with Gasteiger partial charge < -0.3 is 9.32 Å². The number of furan rings is 1. The summed E-state index contributed by atoms with van der Waals surface area (Å²) in [6.07, 6.45) is 3.86. The zero-order valence-corrected chi connectivity index (χ0v) is 20.0. The molecule has 0 unspecified atom stereocenters. The summed E-state index contributed by atoms with van der Waals surface area (Å²) in [5.74, 6) is 0.757. The first kappa shape index (κ1) is 20.9. The van der Waals surface area contributed by atoms with Crippen LogP contribution in [0.3, 0.4) is 0 Å². The van der Waals surface area contributed by atoms with Crippen molar-refractivity contribution < 1.29 is 4.42 Å². The van der Waals surface area contributed by atoms with Crippen LogP contribution < -0.4 is 4.90 Å². The fourth-order valence-corrected chi connectivity index (χ4v) is 5.16. The number of rotatable bonds is 4. The second-order valence-corrected chi connectivity index (χ2v) is 9.44. The van der Waals surface area contributed by atoms with Gasteiger partial charge in [0, 0.05) is 41.4 Å². The van der Waals surface area contributed by atoms with Gasteiger partial charge in [0.05, 0.1) is 11.4 Å². The minimum atomic E-state index is 0.757. The molecule has 0 N–H and O–H groups in total. The second-order valence-electron chi connectivity index (χ2n) is 9.44. The Morgan fingerprint density at radius 3 is 2.25 bits per heavy atom. The van der Waals surface area contributed by atoms with Crippen LogP contribution in [0.5, 0.6) is 0 Å². The van der Waals surface area contributed by atoms with Crippen molar-refractivity contribution in [2.24, 2.45) is 0 Å². The van der Waals surface area contributed by atoms with Gasteiger partial charge in [0.1, 0.15) is 11.3 Å². The summed E-state index contributed by atoms with van der Waals surface area (Å²) in [4.78, 5) is 7.45. The van der Waals surface area contributed by atoms with Gasteiger partial charge in [-0.1, -0.05) is 60.7 Å². The smallest absolute Gasteiger partial charge is 0.157 e. The number of piperidine rings is 1. The first-order valence-electron chi connectivity index (χ1n) is 12.6. The van der Waals surface area contributed by atoms with Crippen LogP contribution in [0.4, 0.5) is 5.69 Å². The lowest BCUT2D eigenvalue weighted by atomic mass is 10.1. The van der Waals surface area contributed by atoms with Crippen molar-refractivity contribution in [2.45, 2.75) is 19.3 Å². The van der Waals surface area contributed by atoms with Crippen molar-refractivity contribution in [1.82, 2.24) is 14.6 Å². The molecule has 3 aromatic heterocycles. The molecule has 0 atom stereocenters. The van der Waals surface area contributed by atoms with Crippen molar-refractivity contribution in [3.05, 3.63) is 97.1 Å². The van der Waals surface area contributed by atoms with E-state index in [2.05, 4.69) is 59.5 Å². The van der Waals surface area contributed by atoms with Crippen molar-refractivity contribution in [3.63, 3.8) is 0 Å². The van der Waals surface area contributed by atoms with E-state index in [4.69, 9.17) is 14.5 Å². The molecule has 3 aromatic carbocycles. The molecule has 1 aliphatic rings. The molecule has 6 aromatic rings. The van der Waals surface area contributed by atoms with Crippen LogP contribution in [0.25, 0.3) is 50.6 Å². The topological polar surface area (TPSA) is 46.6 Å². The molecule has 0 amide bonds. The summed E-state index contributed by atoms with van der Waals surface area (Å²) in [6.45, 7) is 2.27. The van der Waals surface area contributed by atoms with Crippen LogP contribution >= 0.6 is 0 Å². The lowest BCUT2D eigenvalue weighted by Crippen LogP contribution is -2.29. The molecule has 1 aliphatic heterocycles. The Bertz CT molecular complexity index is 1630. The summed E-state index contributed by atoms with van der Waals surface area (Å²) in [5, 5.41) is 6.03. The maximum Gasteiger partial charge on any atom is 0.157 e. The summed E-state index contributed by atoms with van der Waals surface area (Å²) in [7, 11) is 0. The predicted molar refractivity (Wildman–Crippen MR) is 145 cm³/mol. The van der Waals surface area contributed by atoms with Gasteiger partial charge in [-0.15, -0.1) is 0 Å². The van der Waals surface area contributed by atoms with Crippen molar-refractivity contribution in [2.75, 3.05) is 18.0 Å². The van der Waals surface area contributed by atoms with E-state index >= 15 is 0 Å². The number of aromatic nitrogens is 3. The molecule has 0 spiro atoms. The summed E-state index contributed by atoms with van der Waals surface area (Å²) in [5.41, 5.74) is 7.80. The van der Waals surface area contributed by atoms with Crippen molar-refractivity contribution in [3.8, 4) is 34.0 Å². The second kappa shape index (κ2) is 8.68. The maximum atomic E-state index is 6.18. The number of fused-ring (bicyclic) bond motifs is 2. The third kappa shape index (κ3) is 3.73. The SMILES string of the molecule is c1ccc(-c2cc3nc(-c4cc5ccccc5o4)cc(-c4ccc(N5CCCCC5)cc4)n3n2)cc1. The third-order valence-electron chi connectivity index (χ3n) is 7.06. The van der Waals surface area contributed by atoms with Gasteiger partial charge in [0.25, 0.3) is 0 Å². The number of benzene rings is 3. The molecule has 4 heterocycles. The Labute approximate surface area is 209 Å². The number of hydrogen-bond acceptors (Lipinski definition) is 4. The highest BCUT2D eigenvalue weighted by Gasteiger charge is 2.17. The van der Waals surface area contributed by atoms with E-state index < -0.39 is 0 Å². The van der Waals surface area contributed by atoms with E-state index in [0.717, 1.165) is 63.7 Å². The zero-order chi connectivity index (χ0) is 23.9. The first-order chi connectivity index (χ1) is 17.8. The van der Waals surface area contributed by atoms with Crippen LogP contribution in [0.2, 0.25) is 0 Å². The number of hydrogen-bond donors (Lipinski definition) is 0. The molecule has 1 saturated heterocycles. The van der Waals surface area contributed by atoms with E-state index in [0.29, 0.717) is 0 Å². The molecular formula is C31H26N4O. The first-order valence-corrected chi connectivity index (χ1v) is 12.6. The van der Waals surface area contributed by atoms with Crippen LogP contribution in [-0.2, 0) is 0 Å². The van der Waals surface area contributed by atoms with Crippen molar-refractivity contribution in [1.29, 1.82) is 0 Å². The normalized spacial score (nSPS) is 14.1. The van der Waals surface area contributed by atoms with Crippen LogP contribution in [0.15, 0.2) is 101 Å². The average Bonchev–Trinajstić information content (AvgIpc) is 3.58. The molecule has 1 fully saturated rings. The maximum absolute atomic E-state index is 6.18. The molecule has 176 valence electrons. The monoisotopic (exact) mass is 470 g/mol. The molecular weight excluding hydrogens is 444 g/mol. The number of para-hydroxylation sites is 1. The minimum Gasteiger partial charge on any atom is -0.454 e. The molecule has 5 heteroatoms. The Morgan fingerprint density at radius 1 is 0.667 bits per heavy atom. The highest BCUT2D eigenvalue weighted by atomic mass is 16.3. The average molecular weight is 471 g/mol. The zero-order valence-electron chi connectivity index (χ0n) is 20.0. The Hall–Kier alpha value is -4.38. The van der Waals surface area contributed by atoms with Crippen LogP contribution in [0.1, 0.15) is 19.3 Å². The Morgan fingerprint density at radius 2 is 1.44 bits per heavy atom. The predicted octanol–water partition coefficient (Wildman–Crippen LogP) is 7.47. The van der Waals surface area contributed by atoms with Gasteiger partial charge >= 0.3 is 0 Å². The Balaban J connectivity index is 1.37. The molecule has 36 heavy (non-hydrogen) atoms. The number of nitrogens with zero attached hydrogens (tertiary/aromatic N) is 4. The lowest BCUT2D eigenvalue weighted by Gasteiger charge is -2.28. The van der Waals surface area contributed by atoms with Gasteiger partial charge in [0.2, 0.25) is 0 Å². The molecule has 0 saturated carbocycles. The summed E-state index contributed by atoms with van der Waals surface area (Å²) >= 11 is 0. The van der Waals surface area contributed by atoms with Gasteiger partial charge in [-0.25, -0.2) is 9.50 Å². The van der Waals surface area contributed by atoms with E-state index in [1.165, 1.54) is 24.9 Å². The van der Waals surface area contributed by atoms with Crippen molar-refractivity contribution >= 4 is 22.3 Å². The molecule has 0 radical (unpaired) electrons. The van der Waals surface area contributed by atoms with Gasteiger partial charge in [-0.05, 0) is 49.6 Å². The van der Waals surface area contributed by atoms with Gasteiger partial charge in [0.15, 0.2) is 11.4 Å². The largest absolute Gasteiger partial charge is 0.454 e. The van der Waals surface area contributed by atoms with Crippen LogP contribution in [0, 0.1) is 0 Å². The summed E-state index contributed by atoms with van der Waals surface area (Å²) in [6, 6.07) is 33.4. The highest BCUT2D eigenvalue weighted by Crippen LogP contribution is 2.32. The van der Waals surface area contributed by atoms with Gasteiger partial charge in [-0.3, -0.25) is 0 Å². The molecule has 0 aliphatic carbocycles. The van der Waals surface area contributed by atoms with E-state index in [-0.39, 0.29) is 0 Å². The molecule has 0 bridgehead atoms. The minimum absolute atomic E-state index is 0.757. The summed E-state index contributed by atoms with van der Waals surface area (Å²) < 4.78 is 8.13. The van der Waals surface area contributed by atoms with E-state index in [1.54, 1.807) is 0 Å². The van der Waals surface area contributed by atoms with E-state index in [1.807, 2.05) is 47.0 Å². The lowest BCUT2D eigenvalue weighted by molar-refractivity contribution is 0.578. The fourth-order valence-electron chi connectivity index (χ4n) is 5.16. The quantitative estimate of drug-likeness (QED) is 0.268. The van der Waals surface area contributed by atoms with E-state index in [9.17, 15) is 0 Å². The number of anilines is 1. The van der Waals surface area contributed by atoms with Crippen LogP contribution in [-0.4, -0.2) is 27.7 Å². The highest BCUT2D eigenvalue weighted by molar-refractivity contribution is 5.83.